The van der Waals surface area contributed by atoms with Crippen molar-refractivity contribution in [3.8, 4) is 55.6 Å². The molecule has 280 valence electrons. The van der Waals surface area contributed by atoms with Gasteiger partial charge in [0.2, 0.25) is 0 Å². The standard InChI is InChI=1S/C57H41NO/c1-57(2)51-24-12-9-22-49(51)56-48(23-15-25-52(56)57)45-20-10-13-26-53(45)58(43-33-35-44(39-16-5-3-6-17-39)50(37-43)40-18-7-4-8-19-40)42-31-28-38(29-32-42)41-30-34-47-46-21-11-14-27-54(46)59-55(47)36-41/h3-37H,1-2H3. The largest absolute Gasteiger partial charge is 0.456 e. The smallest absolute Gasteiger partial charge is 0.136 e. The van der Waals surface area contributed by atoms with Crippen LogP contribution in [-0.2, 0) is 5.41 Å². The van der Waals surface area contributed by atoms with Crippen LogP contribution >= 0.6 is 0 Å². The Kier molecular flexibility index (Phi) is 8.20. The van der Waals surface area contributed by atoms with Gasteiger partial charge in [-0.1, -0.05) is 178 Å². The Labute approximate surface area is 345 Å². The summed E-state index contributed by atoms with van der Waals surface area (Å²) in [5.74, 6) is 0. The van der Waals surface area contributed by atoms with E-state index < -0.39 is 0 Å². The fourth-order valence-corrected chi connectivity index (χ4v) is 9.41. The molecule has 59 heavy (non-hydrogen) atoms. The summed E-state index contributed by atoms with van der Waals surface area (Å²) in [4.78, 5) is 2.44. The zero-order valence-electron chi connectivity index (χ0n) is 33.1. The molecule has 1 aromatic heterocycles. The van der Waals surface area contributed by atoms with Gasteiger partial charge in [0.1, 0.15) is 11.2 Å². The van der Waals surface area contributed by atoms with Gasteiger partial charge >= 0.3 is 0 Å². The molecule has 10 aromatic rings. The van der Waals surface area contributed by atoms with Gasteiger partial charge in [-0.2, -0.15) is 0 Å². The van der Waals surface area contributed by atoms with Crippen LogP contribution in [0.5, 0.6) is 0 Å². The highest BCUT2D eigenvalue weighted by Crippen LogP contribution is 2.54. The summed E-state index contributed by atoms with van der Waals surface area (Å²) in [6.45, 7) is 4.71. The van der Waals surface area contributed by atoms with E-state index >= 15 is 0 Å². The molecule has 2 heteroatoms. The molecule has 0 unspecified atom stereocenters. The molecule has 0 N–H and O–H groups in total. The predicted octanol–water partition coefficient (Wildman–Crippen LogP) is 16.0. The number of fused-ring (bicyclic) bond motifs is 6. The van der Waals surface area contributed by atoms with Gasteiger partial charge in [0.05, 0.1) is 5.69 Å². The van der Waals surface area contributed by atoms with Gasteiger partial charge in [0.25, 0.3) is 0 Å². The SMILES string of the molecule is CC1(C)c2ccccc2-c2c(-c3ccccc3N(c3ccc(-c4ccc5c(c4)oc4ccccc45)cc3)c3ccc(-c4ccccc4)c(-c4ccccc4)c3)cccc21. The van der Waals surface area contributed by atoms with Crippen molar-refractivity contribution in [3.63, 3.8) is 0 Å². The Morgan fingerprint density at radius 1 is 0.356 bits per heavy atom. The molecular formula is C57H41NO. The lowest BCUT2D eigenvalue weighted by Gasteiger charge is -2.29. The highest BCUT2D eigenvalue weighted by atomic mass is 16.3. The van der Waals surface area contributed by atoms with Crippen molar-refractivity contribution in [1.29, 1.82) is 0 Å². The second-order valence-corrected chi connectivity index (χ2v) is 16.1. The fraction of sp³-hybridized carbons (Fsp3) is 0.0526. The molecule has 0 bridgehead atoms. The van der Waals surface area contributed by atoms with E-state index in [1.54, 1.807) is 0 Å². The molecular weight excluding hydrogens is 715 g/mol. The highest BCUT2D eigenvalue weighted by molar-refractivity contribution is 6.06. The molecule has 1 aliphatic carbocycles. The normalized spacial score (nSPS) is 12.7. The predicted molar refractivity (Wildman–Crippen MR) is 248 cm³/mol. The molecule has 0 spiro atoms. The van der Waals surface area contributed by atoms with Crippen molar-refractivity contribution >= 4 is 39.0 Å². The first kappa shape index (κ1) is 34.8. The number of hydrogen-bond donors (Lipinski definition) is 0. The minimum atomic E-state index is -0.102. The van der Waals surface area contributed by atoms with E-state index in [0.717, 1.165) is 50.1 Å². The number of nitrogens with zero attached hydrogens (tertiary/aromatic N) is 1. The Balaban J connectivity index is 1.11. The summed E-state index contributed by atoms with van der Waals surface area (Å²) in [5, 5.41) is 2.28. The van der Waals surface area contributed by atoms with Crippen LogP contribution in [0.4, 0.5) is 17.1 Å². The summed E-state index contributed by atoms with van der Waals surface area (Å²) in [5.41, 5.74) is 19.8. The van der Waals surface area contributed by atoms with Gasteiger partial charge in [-0.05, 0) is 110 Å². The molecule has 0 atom stereocenters. The monoisotopic (exact) mass is 755 g/mol. The zero-order chi connectivity index (χ0) is 39.5. The third-order valence-corrected chi connectivity index (χ3v) is 12.3. The van der Waals surface area contributed by atoms with Gasteiger partial charge in [0, 0.05) is 33.1 Å². The average molecular weight is 756 g/mol. The molecule has 1 aliphatic rings. The first-order valence-corrected chi connectivity index (χ1v) is 20.4. The van der Waals surface area contributed by atoms with Crippen LogP contribution in [0.25, 0.3) is 77.6 Å². The van der Waals surface area contributed by atoms with Gasteiger partial charge in [-0.15, -0.1) is 0 Å². The molecule has 0 aliphatic heterocycles. The second-order valence-electron chi connectivity index (χ2n) is 16.1. The maximum atomic E-state index is 6.29. The summed E-state index contributed by atoms with van der Waals surface area (Å²) >= 11 is 0. The van der Waals surface area contributed by atoms with Gasteiger partial charge in [-0.3, -0.25) is 0 Å². The molecule has 0 saturated heterocycles. The van der Waals surface area contributed by atoms with Crippen molar-refractivity contribution in [3.05, 3.63) is 223 Å². The number of para-hydroxylation sites is 2. The van der Waals surface area contributed by atoms with E-state index in [-0.39, 0.29) is 5.41 Å². The van der Waals surface area contributed by atoms with E-state index in [0.29, 0.717) is 0 Å². The topological polar surface area (TPSA) is 16.4 Å². The van der Waals surface area contributed by atoms with Crippen LogP contribution in [0.1, 0.15) is 25.0 Å². The molecule has 0 amide bonds. The zero-order valence-corrected chi connectivity index (χ0v) is 33.1. The Morgan fingerprint density at radius 2 is 0.949 bits per heavy atom. The van der Waals surface area contributed by atoms with Gasteiger partial charge < -0.3 is 9.32 Å². The van der Waals surface area contributed by atoms with Crippen LogP contribution in [0.2, 0.25) is 0 Å². The number of anilines is 3. The summed E-state index contributed by atoms with van der Waals surface area (Å²) in [7, 11) is 0. The Morgan fingerprint density at radius 3 is 1.75 bits per heavy atom. The lowest BCUT2D eigenvalue weighted by Crippen LogP contribution is -2.15. The number of rotatable bonds is 7. The van der Waals surface area contributed by atoms with Crippen molar-refractivity contribution < 1.29 is 4.42 Å². The molecule has 0 radical (unpaired) electrons. The Bertz CT molecular complexity index is 3170. The van der Waals surface area contributed by atoms with Gasteiger partial charge in [-0.25, -0.2) is 0 Å². The highest BCUT2D eigenvalue weighted by Gasteiger charge is 2.37. The van der Waals surface area contributed by atoms with Crippen molar-refractivity contribution in [1.82, 2.24) is 0 Å². The lowest BCUT2D eigenvalue weighted by atomic mass is 9.82. The van der Waals surface area contributed by atoms with E-state index in [9.17, 15) is 0 Å². The third kappa shape index (κ3) is 5.79. The lowest BCUT2D eigenvalue weighted by molar-refractivity contribution is 0.660. The van der Waals surface area contributed by atoms with E-state index in [1.807, 2.05) is 12.1 Å². The molecule has 11 rings (SSSR count). The van der Waals surface area contributed by atoms with E-state index in [4.69, 9.17) is 4.42 Å². The van der Waals surface area contributed by atoms with Crippen LogP contribution < -0.4 is 4.90 Å². The van der Waals surface area contributed by atoms with Crippen LogP contribution in [-0.4, -0.2) is 0 Å². The number of furan rings is 1. The number of benzene rings is 9. The minimum absolute atomic E-state index is 0.102. The van der Waals surface area contributed by atoms with E-state index in [2.05, 4.69) is 219 Å². The molecule has 9 aromatic carbocycles. The fourth-order valence-electron chi connectivity index (χ4n) is 9.41. The summed E-state index contributed by atoms with van der Waals surface area (Å²) < 4.78 is 6.29. The first-order chi connectivity index (χ1) is 29.0. The van der Waals surface area contributed by atoms with Crippen LogP contribution in [0, 0.1) is 0 Å². The molecule has 0 fully saturated rings. The van der Waals surface area contributed by atoms with Gasteiger partial charge in [0.15, 0.2) is 0 Å². The minimum Gasteiger partial charge on any atom is -0.456 e. The summed E-state index contributed by atoms with van der Waals surface area (Å²) in [6, 6.07) is 76.9. The van der Waals surface area contributed by atoms with E-state index in [1.165, 1.54) is 55.6 Å². The number of hydrogen-bond acceptors (Lipinski definition) is 2. The Hall–Kier alpha value is -7.42. The van der Waals surface area contributed by atoms with Crippen LogP contribution in [0.15, 0.2) is 217 Å². The maximum Gasteiger partial charge on any atom is 0.136 e. The molecule has 1 heterocycles. The molecule has 2 nitrogen and oxygen atoms in total. The van der Waals surface area contributed by atoms with Crippen LogP contribution in [0.3, 0.4) is 0 Å². The average Bonchev–Trinajstić information content (AvgIpc) is 3.79. The second kappa shape index (κ2) is 13.9. The summed E-state index contributed by atoms with van der Waals surface area (Å²) in [6.07, 6.45) is 0. The van der Waals surface area contributed by atoms with Crippen molar-refractivity contribution in [2.24, 2.45) is 0 Å². The van der Waals surface area contributed by atoms with Crippen molar-refractivity contribution in [2.75, 3.05) is 4.90 Å². The quantitative estimate of drug-likeness (QED) is 0.161. The maximum absolute atomic E-state index is 6.29. The first-order valence-electron chi connectivity index (χ1n) is 20.4. The molecule has 0 saturated carbocycles. The van der Waals surface area contributed by atoms with Crippen molar-refractivity contribution in [2.45, 2.75) is 19.3 Å². The third-order valence-electron chi connectivity index (χ3n) is 12.3.